The van der Waals surface area contributed by atoms with Crippen molar-refractivity contribution < 1.29 is 8.42 Å². The molecule has 0 unspecified atom stereocenters. The van der Waals surface area contributed by atoms with Crippen molar-refractivity contribution in [2.24, 2.45) is 0 Å². The summed E-state index contributed by atoms with van der Waals surface area (Å²) in [5.41, 5.74) is 0. The van der Waals surface area contributed by atoms with E-state index in [1.54, 1.807) is 26.8 Å². The van der Waals surface area contributed by atoms with Gasteiger partial charge in [0.2, 0.25) is 0 Å². The van der Waals surface area contributed by atoms with Crippen molar-refractivity contribution in [3.63, 3.8) is 0 Å². The summed E-state index contributed by atoms with van der Waals surface area (Å²) in [5, 5.41) is 0. The maximum atomic E-state index is 11.9. The Morgan fingerprint density at radius 1 is 1.23 bits per heavy atom. The van der Waals surface area contributed by atoms with Crippen molar-refractivity contribution >= 4 is 21.2 Å². The molecule has 13 heavy (non-hydrogen) atoms. The van der Waals surface area contributed by atoms with Crippen molar-refractivity contribution in [1.82, 2.24) is 0 Å². The average molecular weight is 218 g/mol. The predicted molar refractivity (Wildman–Crippen MR) is 56.0 cm³/mol. The summed E-state index contributed by atoms with van der Waals surface area (Å²) in [6.07, 6.45) is 0. The molecule has 0 radical (unpaired) electrons. The van der Waals surface area contributed by atoms with Gasteiger partial charge in [0.05, 0.1) is 4.75 Å². The number of thiophene rings is 1. The molecule has 1 aromatic rings. The van der Waals surface area contributed by atoms with Crippen molar-refractivity contribution in [3.8, 4) is 0 Å². The van der Waals surface area contributed by atoms with Gasteiger partial charge in [-0.3, -0.25) is 0 Å². The Morgan fingerprint density at radius 3 is 2.08 bits per heavy atom. The van der Waals surface area contributed by atoms with Gasteiger partial charge in [0.25, 0.3) is 0 Å². The van der Waals surface area contributed by atoms with Crippen molar-refractivity contribution in [2.45, 2.75) is 36.7 Å². The van der Waals surface area contributed by atoms with E-state index in [9.17, 15) is 8.42 Å². The Hall–Kier alpha value is -0.350. The van der Waals surface area contributed by atoms with Crippen LogP contribution in [0.1, 0.15) is 25.6 Å². The highest BCUT2D eigenvalue weighted by molar-refractivity contribution is 7.94. The molecule has 74 valence electrons. The van der Waals surface area contributed by atoms with Crippen LogP contribution >= 0.6 is 11.3 Å². The first-order valence-corrected chi connectivity index (χ1v) is 6.36. The van der Waals surface area contributed by atoms with Gasteiger partial charge in [0, 0.05) is 4.88 Å². The first-order valence-electron chi connectivity index (χ1n) is 4.06. The zero-order chi connectivity index (χ0) is 10.3. The van der Waals surface area contributed by atoms with Crippen LogP contribution in [0.25, 0.3) is 0 Å². The van der Waals surface area contributed by atoms with E-state index in [4.69, 9.17) is 0 Å². The van der Waals surface area contributed by atoms with Crippen LogP contribution in [0.15, 0.2) is 16.3 Å². The molecule has 0 atom stereocenters. The van der Waals surface area contributed by atoms with E-state index in [1.807, 2.05) is 13.0 Å². The maximum Gasteiger partial charge on any atom is 0.192 e. The Labute approximate surface area is 83.5 Å². The fourth-order valence-corrected chi connectivity index (χ4v) is 3.88. The highest BCUT2D eigenvalue weighted by atomic mass is 32.2. The molecule has 0 bridgehead atoms. The molecule has 0 aliphatic heterocycles. The van der Waals surface area contributed by atoms with E-state index in [2.05, 4.69) is 0 Å². The van der Waals surface area contributed by atoms with Crippen LogP contribution in [-0.2, 0) is 9.84 Å². The van der Waals surface area contributed by atoms with Crippen molar-refractivity contribution in [3.05, 3.63) is 17.0 Å². The summed E-state index contributed by atoms with van der Waals surface area (Å²) < 4.78 is 23.5. The Bertz CT molecular complexity index is 393. The predicted octanol–water partition coefficient (Wildman–Crippen LogP) is 2.63. The SMILES string of the molecule is Cc1ccc(S(=O)(=O)C(C)(C)C)s1. The fraction of sp³-hybridized carbons (Fsp3) is 0.556. The molecule has 0 aromatic carbocycles. The molecule has 1 rings (SSSR count). The van der Waals surface area contributed by atoms with Crippen LogP contribution in [0, 0.1) is 6.92 Å². The number of aryl methyl sites for hydroxylation is 1. The van der Waals surface area contributed by atoms with Crippen molar-refractivity contribution in [1.29, 1.82) is 0 Å². The van der Waals surface area contributed by atoms with Gasteiger partial charge in [-0.1, -0.05) is 0 Å². The maximum absolute atomic E-state index is 11.9. The van der Waals surface area contributed by atoms with Crippen LogP contribution in [0.5, 0.6) is 0 Å². The minimum Gasteiger partial charge on any atom is -0.222 e. The van der Waals surface area contributed by atoms with Gasteiger partial charge in [-0.15, -0.1) is 11.3 Å². The molecule has 0 spiro atoms. The fourth-order valence-electron chi connectivity index (χ4n) is 0.858. The molecule has 2 nitrogen and oxygen atoms in total. The standard InChI is InChI=1S/C9H14O2S2/c1-7-5-6-8(12-7)13(10,11)9(2,3)4/h5-6H,1-4H3. The van der Waals surface area contributed by atoms with E-state index in [0.717, 1.165) is 4.88 Å². The van der Waals surface area contributed by atoms with E-state index in [0.29, 0.717) is 4.21 Å². The smallest absolute Gasteiger partial charge is 0.192 e. The molecular weight excluding hydrogens is 204 g/mol. The van der Waals surface area contributed by atoms with Gasteiger partial charge in [-0.2, -0.15) is 0 Å². The average Bonchev–Trinajstić information content (AvgIpc) is 2.33. The monoisotopic (exact) mass is 218 g/mol. The molecule has 0 N–H and O–H groups in total. The molecule has 1 aromatic heterocycles. The number of hydrogen-bond acceptors (Lipinski definition) is 3. The van der Waals surface area contributed by atoms with Gasteiger partial charge >= 0.3 is 0 Å². The third kappa shape index (κ3) is 1.94. The normalized spacial score (nSPS) is 13.2. The quantitative estimate of drug-likeness (QED) is 0.726. The summed E-state index contributed by atoms with van der Waals surface area (Å²) in [5.74, 6) is 0. The minimum atomic E-state index is -3.14. The van der Waals surface area contributed by atoms with Crippen LogP contribution in [0.3, 0.4) is 0 Å². The number of rotatable bonds is 1. The van der Waals surface area contributed by atoms with Crippen LogP contribution < -0.4 is 0 Å². The molecule has 1 heterocycles. The molecular formula is C9H14O2S2. The van der Waals surface area contributed by atoms with E-state index < -0.39 is 14.6 Å². The Kier molecular flexibility index (Phi) is 2.56. The molecule has 0 amide bonds. The Balaban J connectivity index is 3.24. The number of hydrogen-bond donors (Lipinski definition) is 0. The molecule has 0 aliphatic carbocycles. The first kappa shape index (κ1) is 10.7. The third-order valence-corrected chi connectivity index (χ3v) is 5.77. The van der Waals surface area contributed by atoms with Gasteiger partial charge in [-0.05, 0) is 39.8 Å². The highest BCUT2D eigenvalue weighted by Gasteiger charge is 2.31. The zero-order valence-corrected chi connectivity index (χ0v) is 9.92. The molecule has 0 saturated heterocycles. The highest BCUT2D eigenvalue weighted by Crippen LogP contribution is 2.29. The Morgan fingerprint density at radius 2 is 1.77 bits per heavy atom. The summed E-state index contributed by atoms with van der Waals surface area (Å²) in [6.45, 7) is 7.07. The molecule has 0 aliphatic rings. The van der Waals surface area contributed by atoms with Crippen LogP contribution in [-0.4, -0.2) is 13.2 Å². The van der Waals surface area contributed by atoms with Gasteiger partial charge in [0.15, 0.2) is 9.84 Å². The summed E-state index contributed by atoms with van der Waals surface area (Å²) >= 11 is 1.33. The van der Waals surface area contributed by atoms with Gasteiger partial charge in [-0.25, -0.2) is 8.42 Å². The van der Waals surface area contributed by atoms with E-state index >= 15 is 0 Å². The van der Waals surface area contributed by atoms with E-state index in [1.165, 1.54) is 11.3 Å². The lowest BCUT2D eigenvalue weighted by molar-refractivity contribution is 0.562. The third-order valence-electron chi connectivity index (χ3n) is 1.79. The molecule has 4 heteroatoms. The minimum absolute atomic E-state index is 0.470. The second kappa shape index (κ2) is 3.10. The van der Waals surface area contributed by atoms with Crippen LogP contribution in [0.4, 0.5) is 0 Å². The largest absolute Gasteiger partial charge is 0.222 e. The van der Waals surface area contributed by atoms with Gasteiger partial charge < -0.3 is 0 Å². The zero-order valence-electron chi connectivity index (χ0n) is 8.29. The lowest BCUT2D eigenvalue weighted by Crippen LogP contribution is -2.27. The van der Waals surface area contributed by atoms with Crippen molar-refractivity contribution in [2.75, 3.05) is 0 Å². The molecule has 0 fully saturated rings. The second-order valence-electron chi connectivity index (χ2n) is 3.98. The van der Waals surface area contributed by atoms with Crippen LogP contribution in [0.2, 0.25) is 0 Å². The first-order chi connectivity index (χ1) is 5.75. The summed E-state index contributed by atoms with van der Waals surface area (Å²) in [4.78, 5) is 1.03. The van der Waals surface area contributed by atoms with E-state index in [-0.39, 0.29) is 0 Å². The topological polar surface area (TPSA) is 34.1 Å². The van der Waals surface area contributed by atoms with Gasteiger partial charge in [0.1, 0.15) is 4.21 Å². The lowest BCUT2D eigenvalue weighted by atomic mass is 10.3. The summed E-state index contributed by atoms with van der Waals surface area (Å²) in [6, 6.07) is 3.52. The molecule has 0 saturated carbocycles. The lowest BCUT2D eigenvalue weighted by Gasteiger charge is -2.17. The second-order valence-corrected chi connectivity index (χ2v) is 8.20. The summed E-state index contributed by atoms with van der Waals surface area (Å²) in [7, 11) is -3.14. The number of sulfone groups is 1.